The molecule has 1 aliphatic rings. The molecule has 0 saturated carbocycles. The summed E-state index contributed by atoms with van der Waals surface area (Å²) < 4.78 is 11.2. The van der Waals surface area contributed by atoms with Gasteiger partial charge in [-0.2, -0.15) is 0 Å². The predicted octanol–water partition coefficient (Wildman–Crippen LogP) is 1.62. The Labute approximate surface area is 105 Å². The van der Waals surface area contributed by atoms with Gasteiger partial charge in [-0.15, -0.1) is 0 Å². The highest BCUT2D eigenvalue weighted by Gasteiger charge is 2.24. The highest BCUT2D eigenvalue weighted by atomic mass is 16.7. The molecule has 0 aromatic rings. The summed E-state index contributed by atoms with van der Waals surface area (Å²) in [5.74, 6) is 0. The van der Waals surface area contributed by atoms with Crippen LogP contribution in [0.3, 0.4) is 0 Å². The smallest absolute Gasteiger partial charge is 0.170 e. The first-order chi connectivity index (χ1) is 8.31. The maximum Gasteiger partial charge on any atom is 0.170 e. The molecule has 1 fully saturated rings. The number of rotatable bonds is 8. The topological polar surface area (TPSA) is 41.9 Å². The third-order valence-electron chi connectivity index (χ3n) is 3.30. The van der Waals surface area contributed by atoms with Crippen molar-refractivity contribution in [2.45, 2.75) is 51.9 Å². The molecule has 17 heavy (non-hydrogen) atoms. The first-order valence-corrected chi connectivity index (χ1v) is 6.89. The summed E-state index contributed by atoms with van der Waals surface area (Å²) in [4.78, 5) is 2.41. The number of piperidine rings is 1. The summed E-state index contributed by atoms with van der Waals surface area (Å²) in [5, 5.41) is 9.09. The third kappa shape index (κ3) is 5.34. The summed E-state index contributed by atoms with van der Waals surface area (Å²) >= 11 is 0. The maximum absolute atomic E-state index is 9.09. The number of likely N-dealkylation sites (tertiary alicyclic amines) is 1. The van der Waals surface area contributed by atoms with E-state index < -0.39 is 0 Å². The second kappa shape index (κ2) is 8.86. The van der Waals surface area contributed by atoms with Crippen LogP contribution in [0.2, 0.25) is 0 Å². The quantitative estimate of drug-likeness (QED) is 0.660. The van der Waals surface area contributed by atoms with Gasteiger partial charge in [0.1, 0.15) is 0 Å². The molecule has 0 spiro atoms. The lowest BCUT2D eigenvalue weighted by Crippen LogP contribution is -2.45. The monoisotopic (exact) mass is 245 g/mol. The molecule has 0 amide bonds. The summed E-state index contributed by atoms with van der Waals surface area (Å²) in [7, 11) is 0. The zero-order valence-corrected chi connectivity index (χ0v) is 11.2. The third-order valence-corrected chi connectivity index (χ3v) is 3.30. The van der Waals surface area contributed by atoms with E-state index in [1.807, 2.05) is 13.8 Å². The Morgan fingerprint density at radius 2 is 1.94 bits per heavy atom. The highest BCUT2D eigenvalue weighted by molar-refractivity contribution is 4.77. The molecular weight excluding hydrogens is 218 g/mol. The van der Waals surface area contributed by atoms with Crippen molar-refractivity contribution in [3.05, 3.63) is 0 Å². The van der Waals surface area contributed by atoms with Gasteiger partial charge in [0.05, 0.1) is 0 Å². The average Bonchev–Trinajstić information content (AvgIpc) is 2.33. The van der Waals surface area contributed by atoms with Crippen LogP contribution in [0, 0.1) is 0 Å². The molecule has 1 saturated heterocycles. The number of nitrogens with zero attached hydrogens (tertiary/aromatic N) is 1. The molecule has 1 heterocycles. The van der Waals surface area contributed by atoms with Gasteiger partial charge in [-0.25, -0.2) is 0 Å². The number of hydrogen-bond acceptors (Lipinski definition) is 4. The van der Waals surface area contributed by atoms with Crippen molar-refractivity contribution in [3.63, 3.8) is 0 Å². The molecule has 1 N–H and O–H groups in total. The van der Waals surface area contributed by atoms with Crippen LogP contribution in [-0.2, 0) is 9.47 Å². The van der Waals surface area contributed by atoms with Gasteiger partial charge in [-0.1, -0.05) is 6.42 Å². The standard InChI is InChI=1S/C13H27NO3/c1-3-16-13(17-4-2)11-14-9-6-5-7-12(14)8-10-15/h12-13,15H,3-11H2,1-2H3. The number of hydrogen-bond donors (Lipinski definition) is 1. The van der Waals surface area contributed by atoms with Crippen molar-refractivity contribution in [2.75, 3.05) is 32.9 Å². The second-order valence-electron chi connectivity index (χ2n) is 4.50. The van der Waals surface area contributed by atoms with Crippen LogP contribution in [-0.4, -0.2) is 55.2 Å². The minimum absolute atomic E-state index is 0.121. The van der Waals surface area contributed by atoms with E-state index in [0.29, 0.717) is 19.3 Å². The second-order valence-corrected chi connectivity index (χ2v) is 4.50. The fraction of sp³-hybridized carbons (Fsp3) is 1.00. The van der Waals surface area contributed by atoms with Crippen molar-refractivity contribution in [2.24, 2.45) is 0 Å². The van der Waals surface area contributed by atoms with Gasteiger partial charge in [0.25, 0.3) is 0 Å². The fourth-order valence-electron chi connectivity index (χ4n) is 2.49. The first-order valence-electron chi connectivity index (χ1n) is 6.89. The Hall–Kier alpha value is -0.160. The SMILES string of the molecule is CCOC(CN1CCCCC1CCO)OCC. The molecule has 0 bridgehead atoms. The van der Waals surface area contributed by atoms with Crippen LogP contribution in [0.5, 0.6) is 0 Å². The van der Waals surface area contributed by atoms with Crippen molar-refractivity contribution in [1.29, 1.82) is 0 Å². The molecule has 4 nitrogen and oxygen atoms in total. The van der Waals surface area contributed by atoms with Gasteiger partial charge in [0, 0.05) is 32.4 Å². The molecule has 4 heteroatoms. The molecule has 1 unspecified atom stereocenters. The molecule has 102 valence electrons. The molecule has 0 radical (unpaired) electrons. The van der Waals surface area contributed by atoms with E-state index >= 15 is 0 Å². The van der Waals surface area contributed by atoms with E-state index in [1.54, 1.807) is 0 Å². The lowest BCUT2D eigenvalue weighted by Gasteiger charge is -2.37. The fourth-order valence-corrected chi connectivity index (χ4v) is 2.49. The summed E-state index contributed by atoms with van der Waals surface area (Å²) in [5.41, 5.74) is 0. The van der Waals surface area contributed by atoms with Gasteiger partial charge in [-0.05, 0) is 39.7 Å². The minimum atomic E-state index is -0.121. The van der Waals surface area contributed by atoms with Crippen molar-refractivity contribution < 1.29 is 14.6 Å². The molecule has 1 rings (SSSR count). The first kappa shape index (κ1) is 14.9. The molecule has 0 aliphatic carbocycles. The van der Waals surface area contributed by atoms with Crippen LogP contribution in [0.1, 0.15) is 39.5 Å². The van der Waals surface area contributed by atoms with Gasteiger partial charge < -0.3 is 14.6 Å². The van der Waals surface area contributed by atoms with E-state index in [2.05, 4.69) is 4.90 Å². The number of ether oxygens (including phenoxy) is 2. The van der Waals surface area contributed by atoms with E-state index in [0.717, 1.165) is 19.5 Å². The molecule has 1 atom stereocenters. The normalized spacial score (nSPS) is 22.2. The lowest BCUT2D eigenvalue weighted by molar-refractivity contribution is -0.152. The molecule has 1 aliphatic heterocycles. The Morgan fingerprint density at radius 3 is 2.53 bits per heavy atom. The van der Waals surface area contributed by atoms with E-state index in [9.17, 15) is 0 Å². The van der Waals surface area contributed by atoms with Gasteiger partial charge in [-0.3, -0.25) is 4.90 Å². The Kier molecular flexibility index (Phi) is 7.77. The zero-order chi connectivity index (χ0) is 12.5. The van der Waals surface area contributed by atoms with Gasteiger partial charge in [0.2, 0.25) is 0 Å². The van der Waals surface area contributed by atoms with Crippen molar-refractivity contribution in [1.82, 2.24) is 4.90 Å². The largest absolute Gasteiger partial charge is 0.396 e. The van der Waals surface area contributed by atoms with Crippen LogP contribution in [0.4, 0.5) is 0 Å². The summed E-state index contributed by atoms with van der Waals surface area (Å²) in [6.07, 6.45) is 4.45. The van der Waals surface area contributed by atoms with Crippen LogP contribution < -0.4 is 0 Å². The average molecular weight is 245 g/mol. The summed E-state index contributed by atoms with van der Waals surface area (Å²) in [6.45, 7) is 7.55. The van der Waals surface area contributed by atoms with E-state index in [1.165, 1.54) is 19.3 Å². The zero-order valence-electron chi connectivity index (χ0n) is 11.2. The van der Waals surface area contributed by atoms with Crippen LogP contribution in [0.15, 0.2) is 0 Å². The Bertz CT molecular complexity index is 182. The molecule has 0 aromatic carbocycles. The van der Waals surface area contributed by atoms with Crippen LogP contribution >= 0.6 is 0 Å². The van der Waals surface area contributed by atoms with Crippen molar-refractivity contribution in [3.8, 4) is 0 Å². The molecule has 0 aromatic heterocycles. The minimum Gasteiger partial charge on any atom is -0.396 e. The van der Waals surface area contributed by atoms with Gasteiger partial charge in [0.15, 0.2) is 6.29 Å². The predicted molar refractivity (Wildman–Crippen MR) is 68.0 cm³/mol. The molecular formula is C13H27NO3. The lowest BCUT2D eigenvalue weighted by atomic mass is 10.00. The summed E-state index contributed by atoms with van der Waals surface area (Å²) in [6, 6.07) is 0.497. The number of aliphatic hydroxyl groups excluding tert-OH is 1. The van der Waals surface area contributed by atoms with Crippen LogP contribution in [0.25, 0.3) is 0 Å². The van der Waals surface area contributed by atoms with E-state index in [4.69, 9.17) is 14.6 Å². The Balaban J connectivity index is 2.43. The highest BCUT2D eigenvalue weighted by Crippen LogP contribution is 2.20. The number of aliphatic hydroxyl groups is 1. The Morgan fingerprint density at radius 1 is 1.24 bits per heavy atom. The maximum atomic E-state index is 9.09. The van der Waals surface area contributed by atoms with E-state index in [-0.39, 0.29) is 12.9 Å². The van der Waals surface area contributed by atoms with Gasteiger partial charge >= 0.3 is 0 Å². The van der Waals surface area contributed by atoms with Crippen molar-refractivity contribution >= 4 is 0 Å².